The molecule has 0 radical (unpaired) electrons. The number of carbonyl (C=O) groups is 1. The van der Waals surface area contributed by atoms with Gasteiger partial charge in [-0.15, -0.1) is 0 Å². The smallest absolute Gasteiger partial charge is 0.335 e. The summed E-state index contributed by atoms with van der Waals surface area (Å²) >= 11 is 0. The first-order valence-corrected chi connectivity index (χ1v) is 15.6. The standard InChI is InChI=1S/C36H44N2O7/c1-8-41-31(35(40)42-9-2)18-25-10-12-26(13-11-25)43-20-32-37-29-15-14-27(19-30(29)38(32)7)44-21-36(6)17-16-28-24(5)33(39)22(3)23(4)34(28)45-36/h10-15,19,31,39H,8-9,16-18,20-21H2,1-7H3. The summed E-state index contributed by atoms with van der Waals surface area (Å²) in [5.41, 5.74) is 6.08. The lowest BCUT2D eigenvalue weighted by molar-refractivity contribution is -0.156. The number of rotatable bonds is 12. The van der Waals surface area contributed by atoms with Crippen molar-refractivity contribution in [2.24, 2.45) is 7.05 Å². The number of phenolic OH excluding ortho intramolecular Hbond substituents is 1. The van der Waals surface area contributed by atoms with Gasteiger partial charge in [-0.25, -0.2) is 9.78 Å². The average molecular weight is 617 g/mol. The van der Waals surface area contributed by atoms with Crippen LogP contribution in [0.3, 0.4) is 0 Å². The number of aromatic hydroxyl groups is 1. The Balaban J connectivity index is 1.21. The summed E-state index contributed by atoms with van der Waals surface area (Å²) in [6.45, 7) is 13.1. The van der Waals surface area contributed by atoms with E-state index in [-0.39, 0.29) is 5.97 Å². The molecule has 0 aliphatic carbocycles. The molecule has 1 N–H and O–H groups in total. The van der Waals surface area contributed by atoms with Crippen LogP contribution in [-0.4, -0.2) is 52.2 Å². The number of carbonyl (C=O) groups excluding carboxylic acids is 1. The van der Waals surface area contributed by atoms with Crippen LogP contribution in [0.25, 0.3) is 11.0 Å². The van der Waals surface area contributed by atoms with Crippen molar-refractivity contribution in [3.05, 3.63) is 76.1 Å². The number of aryl methyl sites for hydroxylation is 1. The molecule has 0 amide bonds. The van der Waals surface area contributed by atoms with Crippen molar-refractivity contribution in [1.29, 1.82) is 0 Å². The molecular formula is C36H44N2O7. The third-order valence-corrected chi connectivity index (χ3v) is 8.71. The molecule has 3 aromatic carbocycles. The number of fused-ring (bicyclic) bond motifs is 2. The molecule has 9 nitrogen and oxygen atoms in total. The van der Waals surface area contributed by atoms with Gasteiger partial charge >= 0.3 is 5.97 Å². The van der Waals surface area contributed by atoms with Crippen LogP contribution in [0.1, 0.15) is 60.8 Å². The number of imidazole rings is 1. The first-order valence-electron chi connectivity index (χ1n) is 15.6. The number of phenols is 1. The topological polar surface area (TPSA) is 101 Å². The Bertz CT molecular complexity index is 1680. The molecule has 0 spiro atoms. The Labute approximate surface area is 265 Å². The molecule has 0 bridgehead atoms. The Morgan fingerprint density at radius 2 is 1.76 bits per heavy atom. The second-order valence-corrected chi connectivity index (χ2v) is 11.9. The predicted molar refractivity (Wildman–Crippen MR) is 172 cm³/mol. The Morgan fingerprint density at radius 1 is 1.02 bits per heavy atom. The van der Waals surface area contributed by atoms with Crippen molar-refractivity contribution < 1.29 is 33.6 Å². The molecule has 9 heteroatoms. The summed E-state index contributed by atoms with van der Waals surface area (Å²) in [6, 6.07) is 13.5. The lowest BCUT2D eigenvalue weighted by Gasteiger charge is -2.37. The van der Waals surface area contributed by atoms with Gasteiger partial charge in [0, 0.05) is 31.7 Å². The van der Waals surface area contributed by atoms with Gasteiger partial charge in [0.25, 0.3) is 0 Å². The molecule has 0 saturated carbocycles. The molecule has 5 rings (SSSR count). The number of esters is 1. The van der Waals surface area contributed by atoms with Gasteiger partial charge < -0.3 is 33.4 Å². The van der Waals surface area contributed by atoms with Crippen LogP contribution in [-0.2, 0) is 40.8 Å². The van der Waals surface area contributed by atoms with Crippen LogP contribution < -0.4 is 14.2 Å². The average Bonchev–Trinajstić information content (AvgIpc) is 3.35. The summed E-state index contributed by atoms with van der Waals surface area (Å²) < 4.78 is 31.6. The highest BCUT2D eigenvalue weighted by atomic mass is 16.6. The zero-order valence-electron chi connectivity index (χ0n) is 27.4. The molecule has 240 valence electrons. The zero-order valence-corrected chi connectivity index (χ0v) is 27.4. The number of hydrogen-bond acceptors (Lipinski definition) is 8. The third kappa shape index (κ3) is 6.88. The van der Waals surface area contributed by atoms with Crippen molar-refractivity contribution in [2.45, 2.75) is 79.1 Å². The van der Waals surface area contributed by atoms with E-state index in [1.807, 2.05) is 81.8 Å². The zero-order chi connectivity index (χ0) is 32.3. The fraction of sp³-hybridized carbons (Fsp3) is 0.444. The van der Waals surface area contributed by atoms with Crippen molar-refractivity contribution in [1.82, 2.24) is 9.55 Å². The highest BCUT2D eigenvalue weighted by molar-refractivity contribution is 5.78. The van der Waals surface area contributed by atoms with E-state index < -0.39 is 11.7 Å². The van der Waals surface area contributed by atoms with E-state index in [9.17, 15) is 9.90 Å². The molecule has 45 heavy (non-hydrogen) atoms. The number of aromatic nitrogens is 2. The maximum absolute atomic E-state index is 12.2. The molecule has 0 fully saturated rings. The number of hydrogen-bond donors (Lipinski definition) is 1. The predicted octanol–water partition coefficient (Wildman–Crippen LogP) is 6.46. The van der Waals surface area contributed by atoms with Gasteiger partial charge in [0.2, 0.25) is 0 Å². The maximum atomic E-state index is 12.2. The van der Waals surface area contributed by atoms with E-state index in [4.69, 9.17) is 28.7 Å². The van der Waals surface area contributed by atoms with Crippen molar-refractivity contribution in [3.8, 4) is 23.0 Å². The van der Waals surface area contributed by atoms with E-state index in [2.05, 4.69) is 6.92 Å². The monoisotopic (exact) mass is 616 g/mol. The van der Waals surface area contributed by atoms with Gasteiger partial charge in [0.15, 0.2) is 6.10 Å². The minimum absolute atomic E-state index is 0.296. The molecule has 2 heterocycles. The molecule has 1 aliphatic heterocycles. The highest BCUT2D eigenvalue weighted by Crippen LogP contribution is 2.43. The van der Waals surface area contributed by atoms with Crippen molar-refractivity contribution >= 4 is 17.0 Å². The molecule has 2 unspecified atom stereocenters. The Kier molecular flexibility index (Phi) is 9.58. The van der Waals surface area contributed by atoms with Crippen molar-refractivity contribution in [2.75, 3.05) is 19.8 Å². The Morgan fingerprint density at radius 3 is 2.47 bits per heavy atom. The van der Waals surface area contributed by atoms with Crippen LogP contribution in [0.15, 0.2) is 42.5 Å². The summed E-state index contributed by atoms with van der Waals surface area (Å²) in [7, 11) is 1.97. The van der Waals surface area contributed by atoms with Gasteiger partial charge in [-0.05, 0) is 101 Å². The number of ether oxygens (including phenoxy) is 5. The van der Waals surface area contributed by atoms with E-state index in [1.54, 1.807) is 6.92 Å². The molecule has 1 aliphatic rings. The molecular weight excluding hydrogens is 572 g/mol. The SMILES string of the molecule is CCOC(=O)C(Cc1ccc(OCc2nc3ccc(OCC4(C)CCc5c(C)c(O)c(C)c(C)c5O4)cc3n2C)cc1)OCC. The van der Waals surface area contributed by atoms with Crippen LogP contribution in [0.5, 0.6) is 23.0 Å². The first-order chi connectivity index (χ1) is 21.5. The second-order valence-electron chi connectivity index (χ2n) is 11.9. The van der Waals surface area contributed by atoms with Crippen LogP contribution in [0.4, 0.5) is 0 Å². The van der Waals surface area contributed by atoms with Gasteiger partial charge in [0.1, 0.15) is 47.6 Å². The molecule has 4 aromatic rings. The van der Waals surface area contributed by atoms with E-state index in [0.717, 1.165) is 69.0 Å². The highest BCUT2D eigenvalue weighted by Gasteiger charge is 2.35. The number of nitrogens with zero attached hydrogens (tertiary/aromatic N) is 2. The lowest BCUT2D eigenvalue weighted by atomic mass is 9.87. The minimum atomic E-state index is -0.626. The second kappa shape index (κ2) is 13.4. The van der Waals surface area contributed by atoms with E-state index >= 15 is 0 Å². The summed E-state index contributed by atoms with van der Waals surface area (Å²) in [5.74, 6) is 3.12. The van der Waals surface area contributed by atoms with E-state index in [1.165, 1.54) is 0 Å². The maximum Gasteiger partial charge on any atom is 0.335 e. The van der Waals surface area contributed by atoms with Crippen LogP contribution >= 0.6 is 0 Å². The van der Waals surface area contributed by atoms with Gasteiger partial charge in [-0.1, -0.05) is 12.1 Å². The molecule has 2 atom stereocenters. The third-order valence-electron chi connectivity index (χ3n) is 8.71. The quantitative estimate of drug-likeness (QED) is 0.181. The van der Waals surface area contributed by atoms with Gasteiger partial charge in [-0.2, -0.15) is 0 Å². The van der Waals surface area contributed by atoms with E-state index in [0.29, 0.717) is 44.3 Å². The lowest BCUT2D eigenvalue weighted by Crippen LogP contribution is -2.42. The summed E-state index contributed by atoms with van der Waals surface area (Å²) in [5, 5.41) is 10.5. The van der Waals surface area contributed by atoms with Gasteiger partial charge in [-0.3, -0.25) is 0 Å². The largest absolute Gasteiger partial charge is 0.507 e. The van der Waals surface area contributed by atoms with Crippen LogP contribution in [0, 0.1) is 20.8 Å². The summed E-state index contributed by atoms with van der Waals surface area (Å²) in [4.78, 5) is 17.0. The fourth-order valence-electron chi connectivity index (χ4n) is 5.80. The van der Waals surface area contributed by atoms with Crippen molar-refractivity contribution in [3.63, 3.8) is 0 Å². The minimum Gasteiger partial charge on any atom is -0.507 e. The molecule has 0 saturated heterocycles. The number of benzene rings is 3. The first kappa shape index (κ1) is 32.2. The van der Waals surface area contributed by atoms with Gasteiger partial charge in [0.05, 0.1) is 17.6 Å². The molecule has 1 aromatic heterocycles. The van der Waals surface area contributed by atoms with Crippen LogP contribution in [0.2, 0.25) is 0 Å². The Hall–Kier alpha value is -4.24. The normalized spacial score (nSPS) is 16.6. The fourth-order valence-corrected chi connectivity index (χ4v) is 5.80. The summed E-state index contributed by atoms with van der Waals surface area (Å²) in [6.07, 6.45) is 1.42.